The zero-order valence-corrected chi connectivity index (χ0v) is 17.1. The van der Waals surface area contributed by atoms with Crippen molar-refractivity contribution in [1.29, 1.82) is 0 Å². The molecule has 152 valence electrons. The molecular weight excluding hydrogens is 422 g/mol. The molecule has 10 heteroatoms. The molecule has 0 saturated heterocycles. The number of nitrogens with zero attached hydrogens (tertiary/aromatic N) is 3. The van der Waals surface area contributed by atoms with Crippen LogP contribution < -0.4 is 10.1 Å². The number of benzene rings is 2. The Morgan fingerprint density at radius 1 is 1.28 bits per heavy atom. The smallest absolute Gasteiger partial charge is 0.234 e. The number of aromatic nitrogens is 3. The molecular formula is C19H17ClF2N4O2S. The Morgan fingerprint density at radius 3 is 2.79 bits per heavy atom. The Kier molecular flexibility index (Phi) is 6.71. The third-order valence-electron chi connectivity index (χ3n) is 3.88. The first kappa shape index (κ1) is 21.1. The van der Waals surface area contributed by atoms with Crippen molar-refractivity contribution < 1.29 is 18.3 Å². The van der Waals surface area contributed by atoms with E-state index in [9.17, 15) is 13.6 Å². The first-order valence-electron chi connectivity index (χ1n) is 8.52. The minimum absolute atomic E-state index is 0.0215. The summed E-state index contributed by atoms with van der Waals surface area (Å²) in [4.78, 5) is 12.1. The van der Waals surface area contributed by atoms with Crippen molar-refractivity contribution in [3.8, 4) is 5.75 Å². The molecule has 29 heavy (non-hydrogen) atoms. The number of nitrogens with one attached hydrogen (secondary N) is 1. The third kappa shape index (κ3) is 5.45. The van der Waals surface area contributed by atoms with Crippen LogP contribution in [0.2, 0.25) is 5.02 Å². The predicted molar refractivity (Wildman–Crippen MR) is 107 cm³/mol. The molecule has 0 saturated carbocycles. The van der Waals surface area contributed by atoms with Crippen LogP contribution in [-0.4, -0.2) is 26.4 Å². The average Bonchev–Trinajstić information content (AvgIpc) is 3.03. The van der Waals surface area contributed by atoms with Gasteiger partial charge in [0.25, 0.3) is 0 Å². The molecule has 6 nitrogen and oxygen atoms in total. The van der Waals surface area contributed by atoms with Gasteiger partial charge in [-0.15, -0.1) is 10.2 Å². The fourth-order valence-corrected chi connectivity index (χ4v) is 3.41. The third-order valence-corrected chi connectivity index (χ3v) is 5.13. The maximum atomic E-state index is 13.6. The van der Waals surface area contributed by atoms with Gasteiger partial charge in [0.15, 0.2) is 17.1 Å². The number of hydrogen-bond acceptors (Lipinski definition) is 5. The summed E-state index contributed by atoms with van der Waals surface area (Å²) in [5, 5.41) is 11.6. The average molecular weight is 439 g/mol. The second-order valence-electron chi connectivity index (χ2n) is 6.08. The number of anilines is 1. The first-order chi connectivity index (χ1) is 13.8. The van der Waals surface area contributed by atoms with E-state index in [1.165, 1.54) is 6.07 Å². The van der Waals surface area contributed by atoms with Crippen LogP contribution in [0, 0.1) is 11.6 Å². The van der Waals surface area contributed by atoms with E-state index in [0.29, 0.717) is 27.8 Å². The summed E-state index contributed by atoms with van der Waals surface area (Å²) in [6, 6.07) is 9.96. The largest absolute Gasteiger partial charge is 0.483 e. The summed E-state index contributed by atoms with van der Waals surface area (Å²) in [6.07, 6.45) is -0.401. The summed E-state index contributed by atoms with van der Waals surface area (Å²) in [5.41, 5.74) is -0.0841. The van der Waals surface area contributed by atoms with Crippen molar-refractivity contribution in [2.24, 2.45) is 7.05 Å². The van der Waals surface area contributed by atoms with Crippen LogP contribution in [0.25, 0.3) is 0 Å². The lowest BCUT2D eigenvalue weighted by Crippen LogP contribution is -2.16. The van der Waals surface area contributed by atoms with Crippen molar-refractivity contribution in [1.82, 2.24) is 14.8 Å². The van der Waals surface area contributed by atoms with Crippen molar-refractivity contribution in [3.63, 3.8) is 0 Å². The Balaban J connectivity index is 1.59. The molecule has 0 bridgehead atoms. The number of thioether (sulfide) groups is 1. The highest BCUT2D eigenvalue weighted by atomic mass is 35.5. The van der Waals surface area contributed by atoms with Gasteiger partial charge in [0.05, 0.1) is 11.4 Å². The lowest BCUT2D eigenvalue weighted by molar-refractivity contribution is -0.113. The van der Waals surface area contributed by atoms with Gasteiger partial charge in [-0.2, -0.15) is 0 Å². The molecule has 0 aliphatic heterocycles. The van der Waals surface area contributed by atoms with Crippen LogP contribution in [0.5, 0.6) is 5.75 Å². The molecule has 0 aliphatic rings. The molecule has 1 atom stereocenters. The van der Waals surface area contributed by atoms with E-state index in [2.05, 4.69) is 15.5 Å². The molecule has 0 spiro atoms. The minimum atomic E-state index is -0.837. The second kappa shape index (κ2) is 9.23. The van der Waals surface area contributed by atoms with Crippen molar-refractivity contribution in [2.45, 2.75) is 18.2 Å². The number of rotatable bonds is 7. The number of ether oxygens (including phenoxy) is 1. The summed E-state index contributed by atoms with van der Waals surface area (Å²) >= 11 is 7.09. The van der Waals surface area contributed by atoms with E-state index in [0.717, 1.165) is 17.8 Å². The number of carbonyl (C=O) groups is 1. The van der Waals surface area contributed by atoms with Crippen LogP contribution in [0.15, 0.2) is 47.6 Å². The molecule has 3 rings (SSSR count). The van der Waals surface area contributed by atoms with Crippen molar-refractivity contribution >= 4 is 35.0 Å². The van der Waals surface area contributed by atoms with Gasteiger partial charge in [-0.25, -0.2) is 8.78 Å². The lowest BCUT2D eigenvalue weighted by atomic mass is 10.3. The molecule has 0 fully saturated rings. The topological polar surface area (TPSA) is 69.0 Å². The fraction of sp³-hybridized carbons (Fsp3) is 0.211. The molecule has 1 heterocycles. The van der Waals surface area contributed by atoms with Gasteiger partial charge in [0.1, 0.15) is 17.4 Å². The zero-order valence-electron chi connectivity index (χ0n) is 15.5. The van der Waals surface area contributed by atoms with Gasteiger partial charge in [-0.1, -0.05) is 29.4 Å². The minimum Gasteiger partial charge on any atom is -0.483 e. The van der Waals surface area contributed by atoms with E-state index in [-0.39, 0.29) is 11.4 Å². The molecule has 0 aliphatic carbocycles. The molecule has 2 aromatic carbocycles. The molecule has 3 aromatic rings. The zero-order chi connectivity index (χ0) is 21.0. The van der Waals surface area contributed by atoms with E-state index in [1.807, 2.05) is 6.92 Å². The van der Waals surface area contributed by atoms with E-state index < -0.39 is 23.6 Å². The van der Waals surface area contributed by atoms with Gasteiger partial charge >= 0.3 is 0 Å². The number of amides is 1. The summed E-state index contributed by atoms with van der Waals surface area (Å²) in [7, 11) is 1.76. The number of carbonyl (C=O) groups excluding carboxylic acids is 1. The maximum absolute atomic E-state index is 13.6. The number of hydrogen-bond donors (Lipinski definition) is 1. The van der Waals surface area contributed by atoms with Crippen LogP contribution in [-0.2, 0) is 11.8 Å². The van der Waals surface area contributed by atoms with Crippen LogP contribution >= 0.6 is 23.4 Å². The lowest BCUT2D eigenvalue weighted by Gasteiger charge is -2.14. The molecule has 1 N–H and O–H groups in total. The molecule has 1 unspecified atom stereocenters. The van der Waals surface area contributed by atoms with Crippen molar-refractivity contribution in [3.05, 3.63) is 64.9 Å². The first-order valence-corrected chi connectivity index (χ1v) is 9.89. The van der Waals surface area contributed by atoms with E-state index >= 15 is 0 Å². The quantitative estimate of drug-likeness (QED) is 0.545. The summed E-state index contributed by atoms with van der Waals surface area (Å²) in [6.45, 7) is 1.82. The Labute approximate surface area is 175 Å². The van der Waals surface area contributed by atoms with E-state index in [4.69, 9.17) is 16.3 Å². The van der Waals surface area contributed by atoms with Crippen LogP contribution in [0.4, 0.5) is 14.5 Å². The van der Waals surface area contributed by atoms with Gasteiger partial charge in [-0.3, -0.25) is 4.79 Å². The predicted octanol–water partition coefficient (Wildman–Crippen LogP) is 4.62. The summed E-state index contributed by atoms with van der Waals surface area (Å²) < 4.78 is 34.1. The number of halogens is 3. The normalized spacial score (nSPS) is 11.9. The summed E-state index contributed by atoms with van der Waals surface area (Å²) in [5.74, 6) is -0.854. The highest BCUT2D eigenvalue weighted by Gasteiger charge is 2.18. The molecule has 0 radical (unpaired) electrons. The Hall–Kier alpha value is -2.65. The molecule has 1 aromatic heterocycles. The standard InChI is InChI=1S/C19H17ClF2N4O2S/c1-11(28-14-5-3-4-12(20)8-14)18-24-25-19(26(18)2)29-10-17(27)23-16-7-6-13(21)9-15(16)22/h3-9,11H,10H2,1-2H3,(H,23,27). The second-order valence-corrected chi connectivity index (χ2v) is 7.46. The van der Waals surface area contributed by atoms with Crippen LogP contribution in [0.1, 0.15) is 18.9 Å². The van der Waals surface area contributed by atoms with Crippen LogP contribution in [0.3, 0.4) is 0 Å². The van der Waals surface area contributed by atoms with E-state index in [1.54, 1.807) is 35.9 Å². The van der Waals surface area contributed by atoms with Gasteiger partial charge in [0, 0.05) is 18.1 Å². The highest BCUT2D eigenvalue weighted by molar-refractivity contribution is 7.99. The SMILES string of the molecule is CC(Oc1cccc(Cl)c1)c1nnc(SCC(=O)Nc2ccc(F)cc2F)n1C. The fourth-order valence-electron chi connectivity index (χ4n) is 2.51. The monoisotopic (exact) mass is 438 g/mol. The van der Waals surface area contributed by atoms with Gasteiger partial charge in [-0.05, 0) is 37.3 Å². The van der Waals surface area contributed by atoms with Gasteiger partial charge in [0.2, 0.25) is 5.91 Å². The Morgan fingerprint density at radius 2 is 2.07 bits per heavy atom. The van der Waals surface area contributed by atoms with Gasteiger partial charge < -0.3 is 14.6 Å². The molecule has 1 amide bonds. The Bertz CT molecular complexity index is 1030. The highest BCUT2D eigenvalue weighted by Crippen LogP contribution is 2.25. The van der Waals surface area contributed by atoms with Crippen molar-refractivity contribution in [2.75, 3.05) is 11.1 Å². The maximum Gasteiger partial charge on any atom is 0.234 e.